The highest BCUT2D eigenvalue weighted by Crippen LogP contribution is 2.37. The molecule has 12 heteroatoms. The van der Waals surface area contributed by atoms with E-state index in [-0.39, 0.29) is 29.0 Å². The number of hydrogen-bond acceptors (Lipinski definition) is 8. The second kappa shape index (κ2) is 10.0. The summed E-state index contributed by atoms with van der Waals surface area (Å²) in [5.41, 5.74) is -0.844. The molecule has 1 aliphatic heterocycles. The van der Waals surface area contributed by atoms with Crippen LogP contribution in [0.15, 0.2) is 18.2 Å². The topological polar surface area (TPSA) is 107 Å². The van der Waals surface area contributed by atoms with Gasteiger partial charge in [-0.05, 0) is 58.7 Å². The van der Waals surface area contributed by atoms with Crippen LogP contribution >= 0.6 is 0 Å². The number of hydrogen-bond donors (Lipinski definition) is 1. The highest BCUT2D eigenvalue weighted by molar-refractivity contribution is 5.76. The average Bonchev–Trinajstić information content (AvgIpc) is 2.72. The number of aryl methyl sites for hydroxylation is 1. The van der Waals surface area contributed by atoms with Gasteiger partial charge in [-0.2, -0.15) is 13.2 Å². The third-order valence-corrected chi connectivity index (χ3v) is 5.09. The zero-order valence-electron chi connectivity index (χ0n) is 20.2. The fraction of sp³-hybridized carbons (Fsp3) is 0.522. The minimum absolute atomic E-state index is 0.133. The average molecular weight is 496 g/mol. The number of nitrogens with zero attached hydrogens (tertiary/aromatic N) is 4. The summed E-state index contributed by atoms with van der Waals surface area (Å²) in [6.45, 7) is 9.11. The summed E-state index contributed by atoms with van der Waals surface area (Å²) < 4.78 is 49.8. The number of rotatable bonds is 4. The number of halogens is 3. The molecule has 3 rings (SSSR count). The van der Waals surface area contributed by atoms with Crippen molar-refractivity contribution in [3.8, 4) is 17.0 Å². The number of ether oxygens (including phenoxy) is 2. The van der Waals surface area contributed by atoms with Crippen molar-refractivity contribution in [1.29, 1.82) is 0 Å². The molecular formula is C23H28F3N5O4. The van der Waals surface area contributed by atoms with E-state index in [0.717, 1.165) is 31.9 Å². The number of amides is 1. The van der Waals surface area contributed by atoms with Gasteiger partial charge < -0.3 is 19.7 Å². The van der Waals surface area contributed by atoms with E-state index in [2.05, 4.69) is 20.5 Å². The molecule has 0 radical (unpaired) electrons. The first-order valence-electron chi connectivity index (χ1n) is 11.1. The highest BCUT2D eigenvalue weighted by atomic mass is 19.4. The lowest BCUT2D eigenvalue weighted by Crippen LogP contribution is -2.47. The number of anilines is 1. The molecule has 190 valence electrons. The van der Waals surface area contributed by atoms with Crippen molar-refractivity contribution in [1.82, 2.24) is 20.1 Å². The predicted molar refractivity (Wildman–Crippen MR) is 121 cm³/mol. The molecule has 1 N–H and O–H groups in total. The third kappa shape index (κ3) is 7.03. The van der Waals surface area contributed by atoms with Crippen LogP contribution in [0.25, 0.3) is 11.3 Å². The number of benzene rings is 1. The summed E-state index contributed by atoms with van der Waals surface area (Å²) in [4.78, 5) is 29.9. The van der Waals surface area contributed by atoms with Crippen LogP contribution in [0.5, 0.6) is 5.75 Å². The molecule has 9 nitrogen and oxygen atoms in total. The Hall–Kier alpha value is -3.44. The minimum Gasteiger partial charge on any atom is -0.444 e. The van der Waals surface area contributed by atoms with E-state index in [1.165, 1.54) is 6.07 Å². The maximum absolute atomic E-state index is 13.1. The van der Waals surface area contributed by atoms with Gasteiger partial charge >= 0.3 is 18.2 Å². The molecule has 1 saturated heterocycles. The second-order valence-corrected chi connectivity index (χ2v) is 9.28. The molecule has 2 aromatic rings. The minimum atomic E-state index is -4.60. The Morgan fingerprint density at radius 3 is 2.49 bits per heavy atom. The quantitative estimate of drug-likeness (QED) is 0.485. The van der Waals surface area contributed by atoms with Gasteiger partial charge in [0.15, 0.2) is 0 Å². The summed E-state index contributed by atoms with van der Waals surface area (Å²) >= 11 is 0. The maximum Gasteiger partial charge on any atom is 0.416 e. The van der Waals surface area contributed by atoms with E-state index in [4.69, 9.17) is 9.47 Å². The number of piperidine rings is 1. The van der Waals surface area contributed by atoms with Gasteiger partial charge in [0.05, 0.1) is 11.3 Å². The number of carbonyl (C=O) groups is 2. The lowest BCUT2D eigenvalue weighted by molar-refractivity contribution is -0.138. The number of esters is 1. The number of nitrogens with one attached hydrogen (secondary N) is 1. The Kier molecular flexibility index (Phi) is 7.51. The van der Waals surface area contributed by atoms with Crippen molar-refractivity contribution in [2.75, 3.05) is 18.4 Å². The monoisotopic (exact) mass is 495 g/mol. The van der Waals surface area contributed by atoms with Gasteiger partial charge in [0, 0.05) is 31.6 Å². The van der Waals surface area contributed by atoms with Gasteiger partial charge in [-0.15, -0.1) is 10.2 Å². The number of carbonyl (C=O) groups excluding carboxylic acids is 2. The van der Waals surface area contributed by atoms with E-state index in [9.17, 15) is 22.8 Å². The van der Waals surface area contributed by atoms with E-state index >= 15 is 0 Å². The molecule has 1 aromatic carbocycles. The molecule has 1 atom stereocenters. The predicted octanol–water partition coefficient (Wildman–Crippen LogP) is 4.60. The molecular weight excluding hydrogens is 467 g/mol. The van der Waals surface area contributed by atoms with Gasteiger partial charge in [0.1, 0.15) is 17.0 Å². The normalized spacial score (nSPS) is 16.6. The summed E-state index contributed by atoms with van der Waals surface area (Å²) in [6.07, 6.45) is -3.46. The molecule has 0 unspecified atom stereocenters. The van der Waals surface area contributed by atoms with Gasteiger partial charge in [-0.25, -0.2) is 9.78 Å². The Balaban J connectivity index is 1.79. The number of aromatic nitrogens is 3. The van der Waals surface area contributed by atoms with Crippen molar-refractivity contribution in [3.05, 3.63) is 29.5 Å². The molecule has 0 spiro atoms. The maximum atomic E-state index is 13.1. The van der Waals surface area contributed by atoms with Crippen LogP contribution in [0.2, 0.25) is 0 Å². The van der Waals surface area contributed by atoms with Crippen LogP contribution in [-0.2, 0) is 15.7 Å². The van der Waals surface area contributed by atoms with Crippen molar-refractivity contribution >= 4 is 18.0 Å². The first kappa shape index (κ1) is 26.2. The van der Waals surface area contributed by atoms with Crippen molar-refractivity contribution in [2.24, 2.45) is 0 Å². The van der Waals surface area contributed by atoms with Crippen LogP contribution in [0, 0.1) is 6.92 Å². The summed E-state index contributed by atoms with van der Waals surface area (Å²) in [7, 11) is 0. The van der Waals surface area contributed by atoms with Gasteiger partial charge in [0.25, 0.3) is 0 Å². The van der Waals surface area contributed by atoms with E-state index in [1.54, 1.807) is 32.6 Å². The molecule has 1 aromatic heterocycles. The van der Waals surface area contributed by atoms with E-state index in [1.807, 2.05) is 0 Å². The van der Waals surface area contributed by atoms with E-state index < -0.39 is 29.4 Å². The fourth-order valence-corrected chi connectivity index (χ4v) is 3.62. The SMILES string of the molecule is CC(=O)Oc1cc(C(F)(F)F)ccc1-c1nnc(N[C@@H]2CCCN(C(=O)OC(C)(C)C)C2)nc1C. The Bertz CT molecular complexity index is 1100. The molecule has 0 saturated carbocycles. The largest absolute Gasteiger partial charge is 0.444 e. The lowest BCUT2D eigenvalue weighted by Gasteiger charge is -2.34. The molecule has 1 amide bonds. The molecule has 2 heterocycles. The van der Waals surface area contributed by atoms with Crippen LogP contribution in [0.4, 0.5) is 23.9 Å². The van der Waals surface area contributed by atoms with Gasteiger partial charge in [-0.1, -0.05) is 0 Å². The van der Waals surface area contributed by atoms with Crippen molar-refractivity contribution in [3.63, 3.8) is 0 Å². The van der Waals surface area contributed by atoms with Gasteiger partial charge in [0.2, 0.25) is 5.95 Å². The molecule has 0 bridgehead atoms. The smallest absolute Gasteiger partial charge is 0.416 e. The Labute approximate surface area is 201 Å². The fourth-order valence-electron chi connectivity index (χ4n) is 3.62. The summed E-state index contributed by atoms with van der Waals surface area (Å²) in [6, 6.07) is 2.67. The molecule has 0 aliphatic carbocycles. The molecule has 1 fully saturated rings. The van der Waals surface area contributed by atoms with Crippen molar-refractivity contribution in [2.45, 2.75) is 65.3 Å². The van der Waals surface area contributed by atoms with Crippen LogP contribution < -0.4 is 10.1 Å². The first-order chi connectivity index (χ1) is 16.2. The zero-order valence-corrected chi connectivity index (χ0v) is 20.2. The van der Waals surface area contributed by atoms with Crippen LogP contribution in [0.3, 0.4) is 0 Å². The summed E-state index contributed by atoms with van der Waals surface area (Å²) in [5, 5.41) is 11.3. The summed E-state index contributed by atoms with van der Waals surface area (Å²) in [5.74, 6) is -0.843. The molecule has 1 aliphatic rings. The van der Waals surface area contributed by atoms with Crippen LogP contribution in [-0.4, -0.2) is 56.9 Å². The lowest BCUT2D eigenvalue weighted by atomic mass is 10.1. The third-order valence-electron chi connectivity index (χ3n) is 5.09. The first-order valence-corrected chi connectivity index (χ1v) is 11.1. The van der Waals surface area contributed by atoms with Crippen LogP contribution in [0.1, 0.15) is 51.8 Å². The Morgan fingerprint density at radius 1 is 1.17 bits per heavy atom. The Morgan fingerprint density at radius 2 is 1.89 bits per heavy atom. The number of alkyl halides is 3. The van der Waals surface area contributed by atoms with Crippen molar-refractivity contribution < 1.29 is 32.2 Å². The standard InChI is InChI=1S/C23H28F3N5O4/c1-13-19(17-9-8-15(23(24,25)26)11-18(17)34-14(2)32)29-30-20(27-13)28-16-7-6-10-31(12-16)21(33)35-22(3,4)5/h8-9,11,16H,6-7,10,12H2,1-5H3,(H,27,28,30)/t16-/m1/s1. The van der Waals surface area contributed by atoms with E-state index in [0.29, 0.717) is 18.8 Å². The second-order valence-electron chi connectivity index (χ2n) is 9.28. The highest BCUT2D eigenvalue weighted by Gasteiger charge is 2.32. The van der Waals surface area contributed by atoms with Gasteiger partial charge in [-0.3, -0.25) is 4.79 Å². The number of likely N-dealkylation sites (tertiary alicyclic amines) is 1. The zero-order chi connectivity index (χ0) is 26.0. The molecule has 35 heavy (non-hydrogen) atoms.